The molecule has 2 aromatic rings. The van der Waals surface area contributed by atoms with Gasteiger partial charge >= 0.3 is 5.97 Å². The van der Waals surface area contributed by atoms with Crippen molar-refractivity contribution in [3.63, 3.8) is 0 Å². The highest BCUT2D eigenvalue weighted by Crippen LogP contribution is 2.31. The summed E-state index contributed by atoms with van der Waals surface area (Å²) in [6, 6.07) is 2.98. The van der Waals surface area contributed by atoms with Crippen molar-refractivity contribution in [2.24, 2.45) is 5.41 Å². The molecule has 0 spiro atoms. The van der Waals surface area contributed by atoms with Crippen molar-refractivity contribution in [3.05, 3.63) is 36.0 Å². The van der Waals surface area contributed by atoms with E-state index in [1.165, 1.54) is 10.9 Å². The average molecular weight is 333 g/mol. The molecule has 3 N–H and O–H groups in total. The van der Waals surface area contributed by atoms with Crippen molar-refractivity contribution < 1.29 is 14.3 Å². The van der Waals surface area contributed by atoms with Crippen molar-refractivity contribution >= 4 is 5.97 Å². The van der Waals surface area contributed by atoms with Gasteiger partial charge in [-0.25, -0.2) is 14.9 Å². The second-order valence-electron chi connectivity index (χ2n) is 7.26. The molecule has 8 heteroatoms. The summed E-state index contributed by atoms with van der Waals surface area (Å²) in [7, 11) is 0. The first-order chi connectivity index (χ1) is 11.3. The van der Waals surface area contributed by atoms with Gasteiger partial charge in [-0.3, -0.25) is 5.43 Å². The van der Waals surface area contributed by atoms with Gasteiger partial charge in [0, 0.05) is 12.5 Å². The van der Waals surface area contributed by atoms with E-state index in [1.54, 1.807) is 18.3 Å². The summed E-state index contributed by atoms with van der Waals surface area (Å²) in [5, 5.41) is 17.7. The maximum atomic E-state index is 11.6. The Kier molecular flexibility index (Phi) is 4.42. The van der Waals surface area contributed by atoms with Crippen molar-refractivity contribution in [2.45, 2.75) is 51.7 Å². The molecule has 3 unspecified atom stereocenters. The lowest BCUT2D eigenvalue weighted by molar-refractivity contribution is -0.141. The van der Waals surface area contributed by atoms with Crippen LogP contribution in [0.25, 0.3) is 0 Å². The third-order valence-corrected chi connectivity index (χ3v) is 4.41. The number of carboxylic acids is 1. The van der Waals surface area contributed by atoms with Crippen LogP contribution in [0, 0.1) is 5.41 Å². The van der Waals surface area contributed by atoms with Gasteiger partial charge < -0.3 is 9.52 Å². The van der Waals surface area contributed by atoms with Gasteiger partial charge in [-0.15, -0.1) is 5.10 Å². The van der Waals surface area contributed by atoms with E-state index < -0.39 is 12.0 Å². The molecule has 0 saturated carbocycles. The molecule has 3 rings (SSSR count). The van der Waals surface area contributed by atoms with Crippen LogP contribution < -0.4 is 10.9 Å². The Balaban J connectivity index is 1.73. The van der Waals surface area contributed by atoms with Crippen LogP contribution in [0.3, 0.4) is 0 Å². The molecule has 0 radical (unpaired) electrons. The van der Waals surface area contributed by atoms with E-state index >= 15 is 0 Å². The maximum absolute atomic E-state index is 11.6. The molecule has 3 heterocycles. The molecule has 1 aliphatic heterocycles. The van der Waals surface area contributed by atoms with Crippen LogP contribution in [0.2, 0.25) is 0 Å². The van der Waals surface area contributed by atoms with Gasteiger partial charge in [0.1, 0.15) is 11.5 Å². The van der Waals surface area contributed by atoms with E-state index in [0.717, 1.165) is 12.1 Å². The van der Waals surface area contributed by atoms with E-state index in [1.807, 2.05) is 0 Å². The van der Waals surface area contributed by atoms with Gasteiger partial charge in [-0.05, 0) is 24.0 Å². The van der Waals surface area contributed by atoms with E-state index in [4.69, 9.17) is 4.42 Å². The fourth-order valence-electron chi connectivity index (χ4n) is 2.84. The lowest BCUT2D eigenvalue weighted by Gasteiger charge is -2.25. The number of aromatic nitrogens is 3. The van der Waals surface area contributed by atoms with E-state index in [2.05, 4.69) is 41.9 Å². The average Bonchev–Trinajstić information content (AvgIpc) is 3.23. The number of rotatable bonds is 5. The molecule has 0 aromatic carbocycles. The molecule has 1 aliphatic rings. The molecule has 8 nitrogen and oxygen atoms in total. The number of carbonyl (C=O) groups is 1. The fourth-order valence-corrected chi connectivity index (χ4v) is 2.84. The van der Waals surface area contributed by atoms with Crippen LogP contribution in [-0.4, -0.2) is 32.1 Å². The normalized spacial score (nSPS) is 22.6. The zero-order valence-electron chi connectivity index (χ0n) is 14.1. The number of nitrogens with one attached hydrogen (secondary N) is 2. The van der Waals surface area contributed by atoms with Crippen LogP contribution in [0.4, 0.5) is 0 Å². The summed E-state index contributed by atoms with van der Waals surface area (Å²) in [5.74, 6) is -0.360. The molecule has 0 aliphatic carbocycles. The Morgan fingerprint density at radius 3 is 2.88 bits per heavy atom. The van der Waals surface area contributed by atoms with Gasteiger partial charge in [-0.1, -0.05) is 26.0 Å². The summed E-state index contributed by atoms with van der Waals surface area (Å²) in [4.78, 5) is 11.6. The van der Waals surface area contributed by atoms with Gasteiger partial charge in [0.25, 0.3) is 0 Å². The maximum Gasteiger partial charge on any atom is 0.329 e. The predicted octanol–water partition coefficient (Wildman–Crippen LogP) is 1.69. The summed E-state index contributed by atoms with van der Waals surface area (Å²) in [6.45, 7) is 6.53. The molecule has 130 valence electrons. The highest BCUT2D eigenvalue weighted by atomic mass is 16.4. The van der Waals surface area contributed by atoms with Gasteiger partial charge in [0.15, 0.2) is 6.04 Å². The first kappa shape index (κ1) is 16.7. The third-order valence-electron chi connectivity index (χ3n) is 4.41. The Morgan fingerprint density at radius 1 is 1.50 bits per heavy atom. The summed E-state index contributed by atoms with van der Waals surface area (Å²) < 4.78 is 6.64. The molecule has 3 atom stereocenters. The lowest BCUT2D eigenvalue weighted by atomic mass is 9.84. The Labute approximate surface area is 140 Å². The van der Waals surface area contributed by atoms with Crippen LogP contribution >= 0.6 is 0 Å². The van der Waals surface area contributed by atoms with Crippen molar-refractivity contribution in [1.29, 1.82) is 0 Å². The van der Waals surface area contributed by atoms with Crippen molar-refractivity contribution in [3.8, 4) is 0 Å². The number of hydrogen-bond acceptors (Lipinski definition) is 6. The first-order valence-corrected chi connectivity index (χ1v) is 8.02. The number of nitrogens with zero attached hydrogens (tertiary/aromatic N) is 3. The number of hydrazine groups is 1. The predicted molar refractivity (Wildman–Crippen MR) is 86.0 cm³/mol. The number of aliphatic carboxylic acids is 1. The molecular weight excluding hydrogens is 310 g/mol. The minimum absolute atomic E-state index is 0.0148. The molecule has 2 aromatic heterocycles. The van der Waals surface area contributed by atoms with E-state index in [9.17, 15) is 9.90 Å². The Morgan fingerprint density at radius 2 is 2.29 bits per heavy atom. The van der Waals surface area contributed by atoms with Gasteiger partial charge in [-0.2, -0.15) is 0 Å². The second-order valence-corrected chi connectivity index (χ2v) is 7.26. The van der Waals surface area contributed by atoms with Crippen LogP contribution in [0.1, 0.15) is 50.7 Å². The minimum Gasteiger partial charge on any atom is -0.480 e. The molecule has 1 fully saturated rings. The molecule has 1 saturated heterocycles. The summed E-state index contributed by atoms with van der Waals surface area (Å²) in [6.07, 6.45) is 4.33. The highest BCUT2D eigenvalue weighted by Gasteiger charge is 2.35. The smallest absolute Gasteiger partial charge is 0.329 e. The summed E-state index contributed by atoms with van der Waals surface area (Å²) >= 11 is 0. The zero-order chi connectivity index (χ0) is 17.3. The van der Waals surface area contributed by atoms with Crippen LogP contribution in [-0.2, 0) is 11.2 Å². The van der Waals surface area contributed by atoms with Gasteiger partial charge in [0.05, 0.1) is 18.5 Å². The zero-order valence-corrected chi connectivity index (χ0v) is 14.1. The summed E-state index contributed by atoms with van der Waals surface area (Å²) in [5.41, 5.74) is 7.37. The quantitative estimate of drug-likeness (QED) is 0.764. The van der Waals surface area contributed by atoms with E-state index in [-0.39, 0.29) is 17.9 Å². The Bertz CT molecular complexity index is 689. The van der Waals surface area contributed by atoms with Crippen molar-refractivity contribution in [1.82, 2.24) is 25.8 Å². The number of furan rings is 1. The third kappa shape index (κ3) is 3.49. The second kappa shape index (κ2) is 6.37. The largest absolute Gasteiger partial charge is 0.480 e. The lowest BCUT2D eigenvalue weighted by Crippen LogP contribution is -2.39. The van der Waals surface area contributed by atoms with Crippen molar-refractivity contribution in [2.75, 3.05) is 0 Å². The minimum atomic E-state index is -0.965. The number of hydrogen-bond donors (Lipinski definition) is 3. The molecule has 24 heavy (non-hydrogen) atoms. The molecule has 0 bridgehead atoms. The van der Waals surface area contributed by atoms with E-state index in [0.29, 0.717) is 11.8 Å². The SMILES string of the molecule is CC(C)(C)C1CC(c2cn(C(Cc3ccco3)C(=O)O)nn2)NN1. The fraction of sp³-hybridized carbons (Fsp3) is 0.562. The first-order valence-electron chi connectivity index (χ1n) is 8.02. The highest BCUT2D eigenvalue weighted by molar-refractivity contribution is 5.72. The van der Waals surface area contributed by atoms with Gasteiger partial charge in [0.2, 0.25) is 0 Å². The molecule has 0 amide bonds. The number of carboxylic acid groups (broad SMARTS) is 1. The van der Waals surface area contributed by atoms with Crippen LogP contribution in [0.5, 0.6) is 0 Å². The molecular formula is C16H23N5O3. The van der Waals surface area contributed by atoms with Crippen LogP contribution in [0.15, 0.2) is 29.0 Å². The topological polar surface area (TPSA) is 105 Å². The Hall–Kier alpha value is -2.19. The standard InChI is InChI=1S/C16H23N5O3/c1-16(2,3)14-8-11(17-19-14)12-9-21(20-18-12)13(15(22)23)7-10-5-4-6-24-10/h4-6,9,11,13-14,17,19H,7-8H2,1-3H3,(H,22,23). The monoisotopic (exact) mass is 333 g/mol.